The van der Waals surface area contributed by atoms with Crippen LogP contribution in [0.1, 0.15) is 10.4 Å². The Labute approximate surface area is 184 Å². The molecule has 0 spiro atoms. The lowest BCUT2D eigenvalue weighted by molar-refractivity contribution is -0.119. The van der Waals surface area contributed by atoms with E-state index in [0.717, 1.165) is 6.07 Å². The predicted molar refractivity (Wildman–Crippen MR) is 114 cm³/mol. The molecule has 0 radical (unpaired) electrons. The Balaban J connectivity index is 1.67. The van der Waals surface area contributed by atoms with Crippen molar-refractivity contribution in [1.29, 1.82) is 0 Å². The number of nitrogens with zero attached hydrogens (tertiary/aromatic N) is 1. The summed E-state index contributed by atoms with van der Waals surface area (Å²) in [5.74, 6) is -1.62. The van der Waals surface area contributed by atoms with Gasteiger partial charge in [0.15, 0.2) is 6.61 Å². The molecule has 0 unspecified atom stereocenters. The minimum absolute atomic E-state index is 0.0139. The second kappa shape index (κ2) is 9.85. The largest absolute Gasteiger partial charge is 0.508 e. The van der Waals surface area contributed by atoms with Crippen molar-refractivity contribution >= 4 is 33.3 Å². The second-order valence-corrected chi connectivity index (χ2v) is 8.71. The van der Waals surface area contributed by atoms with Gasteiger partial charge in [-0.1, -0.05) is 0 Å². The zero-order chi connectivity index (χ0) is 23.3. The third-order valence-corrected chi connectivity index (χ3v) is 6.54. The van der Waals surface area contributed by atoms with Gasteiger partial charge in [-0.2, -0.15) is 4.31 Å². The minimum atomic E-state index is -3.74. The van der Waals surface area contributed by atoms with E-state index < -0.39 is 28.5 Å². The van der Waals surface area contributed by atoms with E-state index in [1.807, 2.05) is 0 Å². The molecule has 12 heteroatoms. The Morgan fingerprint density at radius 2 is 1.91 bits per heavy atom. The van der Waals surface area contributed by atoms with Crippen LogP contribution in [-0.4, -0.2) is 69.7 Å². The number of nitrogens with one attached hydrogen (secondary N) is 1. The number of phenolic OH excluding ortho intramolecular Hbond substituents is 1. The minimum Gasteiger partial charge on any atom is -0.508 e. The van der Waals surface area contributed by atoms with Crippen LogP contribution in [0, 0.1) is 0 Å². The molecule has 1 fully saturated rings. The van der Waals surface area contributed by atoms with Crippen molar-refractivity contribution in [2.45, 2.75) is 4.90 Å². The van der Waals surface area contributed by atoms with E-state index in [-0.39, 0.29) is 46.4 Å². The van der Waals surface area contributed by atoms with Gasteiger partial charge in [0.1, 0.15) is 11.5 Å². The molecule has 1 saturated heterocycles. The molecule has 0 saturated carbocycles. The molecule has 172 valence electrons. The number of morpholine rings is 1. The summed E-state index contributed by atoms with van der Waals surface area (Å²) < 4.78 is 42.2. The standard InChI is InChI=1S/C20H23N3O8S/c1-29-18-11-14(32(27,28)23-6-8-30-9-7-23)3-5-17(18)22-19(25)12-31-20(26)15-10-13(24)2-4-16(15)21/h2-5,10-11,24H,6-9,12,21H2,1H3,(H,22,25). The summed E-state index contributed by atoms with van der Waals surface area (Å²) in [5, 5.41) is 12.0. The van der Waals surface area contributed by atoms with Crippen molar-refractivity contribution in [2.75, 3.05) is 51.1 Å². The zero-order valence-corrected chi connectivity index (χ0v) is 18.1. The monoisotopic (exact) mass is 465 g/mol. The Hall–Kier alpha value is -3.35. The summed E-state index contributed by atoms with van der Waals surface area (Å²) in [6.07, 6.45) is 0. The van der Waals surface area contributed by atoms with E-state index in [2.05, 4.69) is 5.32 Å². The number of benzene rings is 2. The Bertz CT molecular complexity index is 1110. The van der Waals surface area contributed by atoms with Crippen LogP contribution < -0.4 is 15.8 Å². The lowest BCUT2D eigenvalue weighted by atomic mass is 10.2. The first-order chi connectivity index (χ1) is 15.2. The first-order valence-electron chi connectivity index (χ1n) is 9.54. The molecule has 4 N–H and O–H groups in total. The summed E-state index contributed by atoms with van der Waals surface area (Å²) in [7, 11) is -2.41. The zero-order valence-electron chi connectivity index (χ0n) is 17.2. The van der Waals surface area contributed by atoms with E-state index in [1.165, 1.54) is 41.7 Å². The highest BCUT2D eigenvalue weighted by Gasteiger charge is 2.27. The average molecular weight is 465 g/mol. The van der Waals surface area contributed by atoms with Gasteiger partial charge in [0, 0.05) is 24.8 Å². The highest BCUT2D eigenvalue weighted by molar-refractivity contribution is 7.89. The smallest absolute Gasteiger partial charge is 0.340 e. The quantitative estimate of drug-likeness (QED) is 0.305. The maximum atomic E-state index is 12.8. The van der Waals surface area contributed by atoms with Crippen LogP contribution in [0.3, 0.4) is 0 Å². The van der Waals surface area contributed by atoms with E-state index in [4.69, 9.17) is 19.9 Å². The van der Waals surface area contributed by atoms with Gasteiger partial charge in [-0.15, -0.1) is 0 Å². The van der Waals surface area contributed by atoms with Crippen molar-refractivity contribution in [3.63, 3.8) is 0 Å². The van der Waals surface area contributed by atoms with E-state index >= 15 is 0 Å². The maximum Gasteiger partial charge on any atom is 0.340 e. The predicted octanol–water partition coefficient (Wildman–Crippen LogP) is 0.799. The van der Waals surface area contributed by atoms with Crippen molar-refractivity contribution in [3.05, 3.63) is 42.0 Å². The third-order valence-electron chi connectivity index (χ3n) is 4.65. The fraction of sp³-hybridized carbons (Fsp3) is 0.300. The van der Waals surface area contributed by atoms with Crippen LogP contribution >= 0.6 is 0 Å². The first kappa shape index (κ1) is 23.3. The number of ether oxygens (including phenoxy) is 3. The Morgan fingerprint density at radius 3 is 2.59 bits per heavy atom. The summed E-state index contributed by atoms with van der Waals surface area (Å²) in [5.41, 5.74) is 5.89. The number of rotatable bonds is 7. The molecule has 3 rings (SSSR count). The van der Waals surface area contributed by atoms with Crippen molar-refractivity contribution in [3.8, 4) is 11.5 Å². The molecule has 0 bridgehead atoms. The lowest BCUT2D eigenvalue weighted by Crippen LogP contribution is -2.40. The summed E-state index contributed by atoms with van der Waals surface area (Å²) in [6.45, 7) is 0.496. The van der Waals surface area contributed by atoms with Crippen LogP contribution in [0.25, 0.3) is 0 Å². The molecule has 1 aliphatic heterocycles. The van der Waals surface area contributed by atoms with Crippen molar-refractivity contribution in [2.24, 2.45) is 0 Å². The molecule has 32 heavy (non-hydrogen) atoms. The molecule has 2 aromatic carbocycles. The van der Waals surface area contributed by atoms with Crippen LogP contribution in [0.2, 0.25) is 0 Å². The molecule has 2 aromatic rings. The number of esters is 1. The summed E-state index contributed by atoms with van der Waals surface area (Å²) >= 11 is 0. The molecule has 0 aromatic heterocycles. The van der Waals surface area contributed by atoms with Gasteiger partial charge in [0.05, 0.1) is 36.5 Å². The maximum absolute atomic E-state index is 12.8. The fourth-order valence-electron chi connectivity index (χ4n) is 2.99. The second-order valence-electron chi connectivity index (χ2n) is 6.77. The van der Waals surface area contributed by atoms with Gasteiger partial charge < -0.3 is 30.4 Å². The van der Waals surface area contributed by atoms with Crippen molar-refractivity contribution in [1.82, 2.24) is 4.31 Å². The van der Waals surface area contributed by atoms with E-state index in [1.54, 1.807) is 0 Å². The molecule has 1 amide bonds. The molecular weight excluding hydrogens is 442 g/mol. The number of hydrogen-bond acceptors (Lipinski definition) is 9. The lowest BCUT2D eigenvalue weighted by Gasteiger charge is -2.26. The van der Waals surface area contributed by atoms with E-state index in [0.29, 0.717) is 13.2 Å². The first-order valence-corrected chi connectivity index (χ1v) is 11.0. The SMILES string of the molecule is COc1cc(S(=O)(=O)N2CCOCC2)ccc1NC(=O)COC(=O)c1cc(O)ccc1N. The molecule has 1 heterocycles. The number of amides is 1. The van der Waals surface area contributed by atoms with Gasteiger partial charge in [0.25, 0.3) is 5.91 Å². The Morgan fingerprint density at radius 1 is 1.19 bits per heavy atom. The highest BCUT2D eigenvalue weighted by atomic mass is 32.2. The number of sulfonamides is 1. The summed E-state index contributed by atoms with van der Waals surface area (Å²) in [4.78, 5) is 24.4. The van der Waals surface area contributed by atoms with Gasteiger partial charge in [-0.25, -0.2) is 13.2 Å². The van der Waals surface area contributed by atoms with Crippen molar-refractivity contribution < 1.29 is 37.3 Å². The Kier molecular flexibility index (Phi) is 7.18. The molecule has 11 nitrogen and oxygen atoms in total. The number of methoxy groups -OCH3 is 1. The number of anilines is 2. The number of carbonyl (C=O) groups excluding carboxylic acids is 2. The van der Waals surface area contributed by atoms with Crippen LogP contribution in [0.5, 0.6) is 11.5 Å². The molecule has 0 aliphatic carbocycles. The number of hydrogen-bond donors (Lipinski definition) is 3. The number of carbonyl (C=O) groups is 2. The number of nitrogen functional groups attached to an aromatic ring is 1. The van der Waals surface area contributed by atoms with Gasteiger partial charge >= 0.3 is 5.97 Å². The summed E-state index contributed by atoms with van der Waals surface area (Å²) in [6, 6.07) is 7.82. The number of aromatic hydroxyl groups is 1. The molecular formula is C20H23N3O8S. The third kappa shape index (κ3) is 5.28. The van der Waals surface area contributed by atoms with Gasteiger partial charge in [-0.3, -0.25) is 4.79 Å². The molecule has 1 aliphatic rings. The number of nitrogens with two attached hydrogens (primary N) is 1. The highest BCUT2D eigenvalue weighted by Crippen LogP contribution is 2.29. The van der Waals surface area contributed by atoms with Crippen LogP contribution in [-0.2, 0) is 24.3 Å². The average Bonchev–Trinajstić information content (AvgIpc) is 2.79. The normalized spacial score (nSPS) is 14.5. The fourth-order valence-corrected chi connectivity index (χ4v) is 4.41. The van der Waals surface area contributed by atoms with Crippen LogP contribution in [0.4, 0.5) is 11.4 Å². The van der Waals surface area contributed by atoms with Gasteiger partial charge in [0.2, 0.25) is 10.0 Å². The molecule has 0 atom stereocenters. The van der Waals surface area contributed by atoms with Gasteiger partial charge in [-0.05, 0) is 30.3 Å². The van der Waals surface area contributed by atoms with Crippen LogP contribution in [0.15, 0.2) is 41.3 Å². The topological polar surface area (TPSA) is 157 Å². The van der Waals surface area contributed by atoms with E-state index in [9.17, 15) is 23.1 Å². The number of phenols is 1.